The van der Waals surface area contributed by atoms with E-state index in [-0.39, 0.29) is 5.79 Å². The van der Waals surface area contributed by atoms with E-state index in [1.165, 1.54) is 19.3 Å². The van der Waals surface area contributed by atoms with Gasteiger partial charge in [0.2, 0.25) is 0 Å². The van der Waals surface area contributed by atoms with Crippen LogP contribution in [0, 0.1) is 0 Å². The quantitative estimate of drug-likeness (QED) is 0.865. The van der Waals surface area contributed by atoms with E-state index < -0.39 is 10.8 Å². The van der Waals surface area contributed by atoms with Crippen LogP contribution in [0.25, 0.3) is 0 Å². The van der Waals surface area contributed by atoms with Crippen molar-refractivity contribution in [3.05, 3.63) is 0 Å². The lowest BCUT2D eigenvalue weighted by Gasteiger charge is -2.39. The summed E-state index contributed by atoms with van der Waals surface area (Å²) in [6, 6.07) is 0.992. The minimum absolute atomic E-state index is 0.267. The highest BCUT2D eigenvalue weighted by Crippen LogP contribution is 2.36. The highest BCUT2D eigenvalue weighted by molar-refractivity contribution is 7.85. The molecule has 1 spiro atoms. The highest BCUT2D eigenvalue weighted by atomic mass is 32.2. The van der Waals surface area contributed by atoms with Crippen LogP contribution in [0.1, 0.15) is 58.3 Å². The molecule has 0 aromatic heterocycles. The van der Waals surface area contributed by atoms with Crippen molar-refractivity contribution in [2.45, 2.75) is 81.4 Å². The average Bonchev–Trinajstić information content (AvgIpc) is 2.98. The second-order valence-corrected chi connectivity index (χ2v) is 8.59. The molecule has 0 aromatic carbocycles. The summed E-state index contributed by atoms with van der Waals surface area (Å²) in [5.41, 5.74) is 0. The molecule has 5 heteroatoms. The fourth-order valence-corrected chi connectivity index (χ4v) is 5.57. The molecule has 122 valence electrons. The molecule has 3 aliphatic rings. The second kappa shape index (κ2) is 7.07. The first-order chi connectivity index (χ1) is 10.2. The van der Waals surface area contributed by atoms with E-state index in [1.54, 1.807) is 0 Å². The third kappa shape index (κ3) is 3.69. The van der Waals surface area contributed by atoms with Gasteiger partial charge in [0.15, 0.2) is 5.79 Å². The molecule has 3 rings (SSSR count). The molecule has 1 heterocycles. The van der Waals surface area contributed by atoms with Crippen LogP contribution in [0.3, 0.4) is 0 Å². The second-order valence-electron chi connectivity index (χ2n) is 6.65. The molecule has 1 saturated heterocycles. The predicted octanol–water partition coefficient (Wildman–Crippen LogP) is 2.34. The molecular weight excluding hydrogens is 286 g/mol. The van der Waals surface area contributed by atoms with Crippen molar-refractivity contribution in [1.82, 2.24) is 5.32 Å². The van der Waals surface area contributed by atoms with Crippen molar-refractivity contribution < 1.29 is 13.7 Å². The van der Waals surface area contributed by atoms with Crippen LogP contribution in [-0.4, -0.2) is 46.3 Å². The van der Waals surface area contributed by atoms with Crippen molar-refractivity contribution >= 4 is 10.8 Å². The smallest absolute Gasteiger partial charge is 0.168 e. The third-order valence-corrected chi connectivity index (χ3v) is 7.14. The van der Waals surface area contributed by atoms with E-state index in [2.05, 4.69) is 5.32 Å². The molecule has 0 bridgehead atoms. The van der Waals surface area contributed by atoms with Crippen LogP contribution >= 0.6 is 0 Å². The lowest BCUT2D eigenvalue weighted by atomic mass is 9.87. The summed E-state index contributed by atoms with van der Waals surface area (Å²) in [6.45, 7) is 3.54. The molecule has 3 atom stereocenters. The van der Waals surface area contributed by atoms with Gasteiger partial charge in [-0.05, 0) is 25.7 Å². The van der Waals surface area contributed by atoms with Crippen LogP contribution in [-0.2, 0) is 20.3 Å². The fourth-order valence-electron chi connectivity index (χ4n) is 4.13. The normalized spacial score (nSPS) is 35.1. The average molecular weight is 315 g/mol. The van der Waals surface area contributed by atoms with E-state index in [0.29, 0.717) is 17.3 Å². The lowest BCUT2D eigenvalue weighted by molar-refractivity contribution is -0.179. The minimum Gasteiger partial charge on any atom is -0.348 e. The van der Waals surface area contributed by atoms with E-state index in [1.807, 2.05) is 6.92 Å². The summed E-state index contributed by atoms with van der Waals surface area (Å²) >= 11 is 0. The van der Waals surface area contributed by atoms with Crippen molar-refractivity contribution in [3.8, 4) is 0 Å². The Morgan fingerprint density at radius 1 is 1.10 bits per heavy atom. The van der Waals surface area contributed by atoms with Gasteiger partial charge in [0.1, 0.15) is 0 Å². The first-order valence-corrected chi connectivity index (χ1v) is 10.0. The van der Waals surface area contributed by atoms with Gasteiger partial charge in [-0.2, -0.15) is 0 Å². The molecule has 21 heavy (non-hydrogen) atoms. The van der Waals surface area contributed by atoms with Gasteiger partial charge in [0.25, 0.3) is 0 Å². The van der Waals surface area contributed by atoms with Gasteiger partial charge in [-0.25, -0.2) is 0 Å². The molecule has 0 unspecified atom stereocenters. The summed E-state index contributed by atoms with van der Waals surface area (Å²) in [7, 11) is -0.668. The molecule has 2 saturated carbocycles. The Labute approximate surface area is 130 Å². The molecule has 0 amide bonds. The third-order valence-electron chi connectivity index (χ3n) is 5.34. The first kappa shape index (κ1) is 15.9. The van der Waals surface area contributed by atoms with Crippen LogP contribution < -0.4 is 5.32 Å². The number of hydrogen-bond acceptors (Lipinski definition) is 4. The largest absolute Gasteiger partial charge is 0.348 e. The number of rotatable bonds is 4. The van der Waals surface area contributed by atoms with Gasteiger partial charge in [-0.1, -0.05) is 19.8 Å². The Hall–Kier alpha value is 0.0300. The Morgan fingerprint density at radius 2 is 1.76 bits per heavy atom. The van der Waals surface area contributed by atoms with Gasteiger partial charge in [-0.3, -0.25) is 4.21 Å². The van der Waals surface area contributed by atoms with Gasteiger partial charge in [0, 0.05) is 41.5 Å². The van der Waals surface area contributed by atoms with E-state index in [4.69, 9.17) is 9.47 Å². The molecule has 0 radical (unpaired) electrons. The summed E-state index contributed by atoms with van der Waals surface area (Å²) < 4.78 is 23.8. The fraction of sp³-hybridized carbons (Fsp3) is 1.00. The van der Waals surface area contributed by atoms with E-state index >= 15 is 0 Å². The van der Waals surface area contributed by atoms with E-state index in [9.17, 15) is 4.21 Å². The van der Waals surface area contributed by atoms with Crippen LogP contribution in [0.5, 0.6) is 0 Å². The van der Waals surface area contributed by atoms with Crippen molar-refractivity contribution in [2.24, 2.45) is 0 Å². The number of nitrogens with one attached hydrogen (secondary N) is 1. The summed E-state index contributed by atoms with van der Waals surface area (Å²) in [5, 5.41) is 4.19. The first-order valence-electron chi connectivity index (χ1n) is 8.63. The van der Waals surface area contributed by atoms with Gasteiger partial charge in [0.05, 0.1) is 18.5 Å². The Balaban J connectivity index is 1.52. The summed E-state index contributed by atoms with van der Waals surface area (Å²) in [5.74, 6) is 0.523. The summed E-state index contributed by atoms with van der Waals surface area (Å²) in [4.78, 5) is 0. The zero-order chi connectivity index (χ0) is 14.7. The molecule has 3 fully saturated rings. The van der Waals surface area contributed by atoms with Crippen molar-refractivity contribution in [2.75, 3.05) is 19.0 Å². The van der Waals surface area contributed by atoms with E-state index in [0.717, 1.165) is 51.1 Å². The Bertz CT molecular complexity index is 361. The zero-order valence-electron chi connectivity index (χ0n) is 13.1. The number of ether oxygens (including phenoxy) is 2. The summed E-state index contributed by atoms with van der Waals surface area (Å²) in [6.07, 6.45) is 9.05. The molecule has 1 N–H and O–H groups in total. The predicted molar refractivity (Wildman–Crippen MR) is 84.8 cm³/mol. The molecule has 1 aliphatic heterocycles. The van der Waals surface area contributed by atoms with Crippen molar-refractivity contribution in [1.29, 1.82) is 0 Å². The zero-order valence-corrected chi connectivity index (χ0v) is 14.0. The van der Waals surface area contributed by atoms with Gasteiger partial charge in [-0.15, -0.1) is 0 Å². The Morgan fingerprint density at radius 3 is 2.43 bits per heavy atom. The highest BCUT2D eigenvalue weighted by Gasteiger charge is 2.41. The molecular formula is C16H29NO3S. The topological polar surface area (TPSA) is 47.6 Å². The maximum atomic E-state index is 12.3. The van der Waals surface area contributed by atoms with Crippen LogP contribution in [0.4, 0.5) is 0 Å². The van der Waals surface area contributed by atoms with Crippen LogP contribution in [0.2, 0.25) is 0 Å². The molecule has 4 nitrogen and oxygen atoms in total. The number of hydrogen-bond donors (Lipinski definition) is 1. The maximum Gasteiger partial charge on any atom is 0.168 e. The van der Waals surface area contributed by atoms with Crippen LogP contribution in [0.15, 0.2) is 0 Å². The Kier molecular flexibility index (Phi) is 5.36. The maximum absolute atomic E-state index is 12.3. The SMILES string of the molecule is CC[S@@](=O)[C@H]1CCCC[C@@H]1NC1CCC2(CC1)OCCO2. The van der Waals surface area contributed by atoms with Gasteiger partial charge < -0.3 is 14.8 Å². The monoisotopic (exact) mass is 315 g/mol. The molecule has 2 aliphatic carbocycles. The van der Waals surface area contributed by atoms with Gasteiger partial charge >= 0.3 is 0 Å². The standard InChI is InChI=1S/C16H29NO3S/c1-2-21(18)15-6-4-3-5-14(15)17-13-7-9-16(10-8-13)19-11-12-20-16/h13-15,17H,2-12H2,1H3/t14-,15-,21+/m0/s1. The van der Waals surface area contributed by atoms with Crippen molar-refractivity contribution in [3.63, 3.8) is 0 Å². The lowest BCUT2D eigenvalue weighted by Crippen LogP contribution is -2.51. The minimum atomic E-state index is -0.668. The molecule has 0 aromatic rings.